The van der Waals surface area contributed by atoms with Gasteiger partial charge in [-0.1, -0.05) is 24.3 Å². The van der Waals surface area contributed by atoms with E-state index >= 15 is 0 Å². The fourth-order valence-electron chi connectivity index (χ4n) is 2.74. The molecule has 0 radical (unpaired) electrons. The summed E-state index contributed by atoms with van der Waals surface area (Å²) in [6.07, 6.45) is 2.40. The number of hydrogen-bond acceptors (Lipinski definition) is 5. The van der Waals surface area contributed by atoms with E-state index in [0.29, 0.717) is 44.4 Å². The first-order valence-electron chi connectivity index (χ1n) is 8.27. The second kappa shape index (κ2) is 7.74. The molecule has 0 aliphatic carbocycles. The van der Waals surface area contributed by atoms with Crippen molar-refractivity contribution in [1.82, 2.24) is 19.8 Å². The summed E-state index contributed by atoms with van der Waals surface area (Å²) in [6.45, 7) is 4.80. The molecule has 2 heterocycles. The Kier molecular flexibility index (Phi) is 5.23. The SMILES string of the molecule is Cc1ccccc1CNc1nccc(C(=O)N2CCN(C=O)CC2)n1. The minimum atomic E-state index is -0.133. The molecule has 1 fully saturated rings. The average molecular weight is 339 g/mol. The summed E-state index contributed by atoms with van der Waals surface area (Å²) >= 11 is 0. The summed E-state index contributed by atoms with van der Waals surface area (Å²) in [5, 5.41) is 3.17. The molecule has 0 spiro atoms. The van der Waals surface area contributed by atoms with Gasteiger partial charge in [-0.25, -0.2) is 9.97 Å². The van der Waals surface area contributed by atoms with Crippen molar-refractivity contribution in [2.75, 3.05) is 31.5 Å². The summed E-state index contributed by atoms with van der Waals surface area (Å²) in [5.74, 6) is 0.299. The zero-order chi connectivity index (χ0) is 17.6. The number of aromatic nitrogens is 2. The van der Waals surface area contributed by atoms with Crippen molar-refractivity contribution in [2.24, 2.45) is 0 Å². The Morgan fingerprint density at radius 1 is 1.20 bits per heavy atom. The fraction of sp³-hybridized carbons (Fsp3) is 0.333. The Bertz CT molecular complexity index is 757. The Hall–Kier alpha value is -2.96. The van der Waals surface area contributed by atoms with E-state index in [1.165, 1.54) is 5.56 Å². The fourth-order valence-corrected chi connectivity index (χ4v) is 2.74. The molecule has 1 saturated heterocycles. The zero-order valence-electron chi connectivity index (χ0n) is 14.2. The number of nitrogens with zero attached hydrogens (tertiary/aromatic N) is 4. The molecule has 0 atom stereocenters. The highest BCUT2D eigenvalue weighted by atomic mass is 16.2. The van der Waals surface area contributed by atoms with E-state index in [1.54, 1.807) is 22.1 Å². The molecule has 1 aromatic heterocycles. The largest absolute Gasteiger partial charge is 0.350 e. The molecule has 3 rings (SSSR count). The van der Waals surface area contributed by atoms with E-state index in [9.17, 15) is 9.59 Å². The summed E-state index contributed by atoms with van der Waals surface area (Å²) in [6, 6.07) is 9.71. The van der Waals surface area contributed by atoms with Crippen LogP contribution in [0, 0.1) is 6.92 Å². The van der Waals surface area contributed by atoms with Gasteiger partial charge in [0.05, 0.1) is 0 Å². The number of carbonyl (C=O) groups is 2. The molecule has 7 nitrogen and oxygen atoms in total. The Morgan fingerprint density at radius 2 is 1.96 bits per heavy atom. The maximum absolute atomic E-state index is 12.6. The first-order chi connectivity index (χ1) is 12.2. The lowest BCUT2D eigenvalue weighted by molar-refractivity contribution is -0.119. The molecule has 2 aromatic rings. The zero-order valence-corrected chi connectivity index (χ0v) is 14.2. The lowest BCUT2D eigenvalue weighted by Crippen LogP contribution is -2.48. The summed E-state index contributed by atoms with van der Waals surface area (Å²) in [5.41, 5.74) is 2.71. The van der Waals surface area contributed by atoms with Crippen molar-refractivity contribution in [2.45, 2.75) is 13.5 Å². The standard InChI is InChI=1S/C18H21N5O2/c1-14-4-2-3-5-15(14)12-20-18-19-7-6-16(21-18)17(25)23-10-8-22(13-24)9-11-23/h2-7,13H,8-12H2,1H3,(H,19,20,21). The van der Waals surface area contributed by atoms with E-state index < -0.39 is 0 Å². The lowest BCUT2D eigenvalue weighted by atomic mass is 10.1. The number of benzene rings is 1. The molecule has 0 saturated carbocycles. The second-order valence-corrected chi connectivity index (χ2v) is 5.98. The minimum absolute atomic E-state index is 0.133. The van der Waals surface area contributed by atoms with Crippen LogP contribution in [0.25, 0.3) is 0 Å². The van der Waals surface area contributed by atoms with Gasteiger partial charge in [0.15, 0.2) is 0 Å². The van der Waals surface area contributed by atoms with Crippen LogP contribution in [0.4, 0.5) is 5.95 Å². The van der Waals surface area contributed by atoms with Crippen LogP contribution < -0.4 is 5.32 Å². The number of rotatable bonds is 5. The summed E-state index contributed by atoms with van der Waals surface area (Å²) < 4.78 is 0. The van der Waals surface area contributed by atoms with Crippen molar-refractivity contribution in [3.63, 3.8) is 0 Å². The van der Waals surface area contributed by atoms with E-state index in [-0.39, 0.29) is 5.91 Å². The maximum atomic E-state index is 12.6. The third kappa shape index (κ3) is 4.12. The van der Waals surface area contributed by atoms with Crippen molar-refractivity contribution in [3.8, 4) is 0 Å². The Labute approximate surface area is 146 Å². The van der Waals surface area contributed by atoms with Crippen molar-refractivity contribution in [1.29, 1.82) is 0 Å². The third-order valence-corrected chi connectivity index (χ3v) is 4.32. The van der Waals surface area contributed by atoms with Gasteiger partial charge in [0.1, 0.15) is 5.69 Å². The summed E-state index contributed by atoms with van der Waals surface area (Å²) in [7, 11) is 0. The van der Waals surface area contributed by atoms with Crippen molar-refractivity contribution >= 4 is 18.3 Å². The normalized spacial score (nSPS) is 14.3. The molecule has 7 heteroatoms. The predicted octanol–water partition coefficient (Wildman–Crippen LogP) is 1.31. The van der Waals surface area contributed by atoms with Gasteiger partial charge in [-0.15, -0.1) is 0 Å². The quantitative estimate of drug-likeness (QED) is 0.831. The number of amides is 2. The van der Waals surface area contributed by atoms with Crippen LogP contribution in [0.1, 0.15) is 21.6 Å². The third-order valence-electron chi connectivity index (χ3n) is 4.32. The van der Waals surface area contributed by atoms with Crippen LogP contribution in [0.3, 0.4) is 0 Å². The van der Waals surface area contributed by atoms with Gasteiger partial charge >= 0.3 is 0 Å². The van der Waals surface area contributed by atoms with E-state index in [2.05, 4.69) is 28.3 Å². The van der Waals surface area contributed by atoms with Crippen LogP contribution in [-0.4, -0.2) is 58.3 Å². The number of piperazine rings is 1. The molecule has 130 valence electrons. The minimum Gasteiger partial charge on any atom is -0.350 e. The highest BCUT2D eigenvalue weighted by Gasteiger charge is 2.22. The Morgan fingerprint density at radius 3 is 2.68 bits per heavy atom. The smallest absolute Gasteiger partial charge is 0.272 e. The van der Waals surface area contributed by atoms with Crippen molar-refractivity contribution < 1.29 is 9.59 Å². The van der Waals surface area contributed by atoms with Gasteiger partial charge in [-0.2, -0.15) is 0 Å². The van der Waals surface area contributed by atoms with Gasteiger partial charge in [0, 0.05) is 38.9 Å². The first kappa shape index (κ1) is 16.9. The predicted molar refractivity (Wildman–Crippen MR) is 94.1 cm³/mol. The monoisotopic (exact) mass is 339 g/mol. The van der Waals surface area contributed by atoms with Crippen LogP contribution in [0.2, 0.25) is 0 Å². The molecule has 0 bridgehead atoms. The number of aryl methyl sites for hydroxylation is 1. The lowest BCUT2D eigenvalue weighted by Gasteiger charge is -2.32. The number of anilines is 1. The van der Waals surface area contributed by atoms with E-state index in [4.69, 9.17) is 0 Å². The van der Waals surface area contributed by atoms with Crippen LogP contribution in [-0.2, 0) is 11.3 Å². The topological polar surface area (TPSA) is 78.4 Å². The van der Waals surface area contributed by atoms with Crippen LogP contribution in [0.15, 0.2) is 36.5 Å². The number of carbonyl (C=O) groups excluding carboxylic acids is 2. The van der Waals surface area contributed by atoms with Crippen LogP contribution in [0.5, 0.6) is 0 Å². The van der Waals surface area contributed by atoms with E-state index in [0.717, 1.165) is 12.0 Å². The molecule has 25 heavy (non-hydrogen) atoms. The second-order valence-electron chi connectivity index (χ2n) is 5.98. The number of nitrogens with one attached hydrogen (secondary N) is 1. The molecule has 1 aliphatic rings. The van der Waals surface area contributed by atoms with E-state index in [1.807, 2.05) is 18.2 Å². The highest BCUT2D eigenvalue weighted by Crippen LogP contribution is 2.11. The average Bonchev–Trinajstić information content (AvgIpc) is 2.67. The van der Waals surface area contributed by atoms with Gasteiger partial charge < -0.3 is 15.1 Å². The Balaban J connectivity index is 1.64. The molecule has 0 unspecified atom stereocenters. The molecular formula is C18H21N5O2. The highest BCUT2D eigenvalue weighted by molar-refractivity contribution is 5.92. The molecule has 1 aliphatic heterocycles. The first-order valence-corrected chi connectivity index (χ1v) is 8.27. The molecular weight excluding hydrogens is 318 g/mol. The van der Waals surface area contributed by atoms with Crippen LogP contribution >= 0.6 is 0 Å². The van der Waals surface area contributed by atoms with Crippen molar-refractivity contribution in [3.05, 3.63) is 53.3 Å². The van der Waals surface area contributed by atoms with Gasteiger partial charge in [0.2, 0.25) is 12.4 Å². The van der Waals surface area contributed by atoms with Gasteiger partial charge in [-0.3, -0.25) is 9.59 Å². The van der Waals surface area contributed by atoms with Gasteiger partial charge in [-0.05, 0) is 24.1 Å². The molecule has 2 amide bonds. The molecule has 1 N–H and O–H groups in total. The number of hydrogen-bond donors (Lipinski definition) is 1. The summed E-state index contributed by atoms with van der Waals surface area (Å²) in [4.78, 5) is 35.2. The molecule has 1 aromatic carbocycles. The maximum Gasteiger partial charge on any atom is 0.272 e. The van der Waals surface area contributed by atoms with Gasteiger partial charge in [0.25, 0.3) is 5.91 Å².